The van der Waals surface area contributed by atoms with Crippen LogP contribution in [0.1, 0.15) is 29.6 Å². The quantitative estimate of drug-likeness (QED) is 0.819. The zero-order valence-electron chi connectivity index (χ0n) is 9.30. The number of pyridine rings is 1. The van der Waals surface area contributed by atoms with Gasteiger partial charge in [0.1, 0.15) is 0 Å². The molecule has 0 saturated heterocycles. The summed E-state index contributed by atoms with van der Waals surface area (Å²) in [4.78, 5) is 26.4. The van der Waals surface area contributed by atoms with E-state index < -0.39 is 5.97 Å². The van der Waals surface area contributed by atoms with Crippen LogP contribution in [-0.2, 0) is 4.79 Å². The molecule has 1 heterocycles. The van der Waals surface area contributed by atoms with Gasteiger partial charge >= 0.3 is 5.97 Å². The normalized spacial score (nSPS) is 23.3. The molecule has 1 amide bonds. The van der Waals surface area contributed by atoms with Gasteiger partial charge in [0.25, 0.3) is 5.91 Å². The summed E-state index contributed by atoms with van der Waals surface area (Å²) in [5.41, 5.74) is 0.554. The molecule has 2 N–H and O–H groups in total. The fourth-order valence-electron chi connectivity index (χ4n) is 2.11. The number of carbonyl (C=O) groups excluding carboxylic acids is 1. The molecule has 0 bridgehead atoms. The summed E-state index contributed by atoms with van der Waals surface area (Å²) in [6.07, 6.45) is 5.00. The fraction of sp³-hybridized carbons (Fsp3) is 0.417. The van der Waals surface area contributed by atoms with Crippen LogP contribution in [0.15, 0.2) is 24.5 Å². The number of nitrogens with one attached hydrogen (secondary N) is 1. The van der Waals surface area contributed by atoms with E-state index in [1.807, 2.05) is 0 Å². The van der Waals surface area contributed by atoms with Crippen LogP contribution in [0.4, 0.5) is 0 Å². The first-order valence-corrected chi connectivity index (χ1v) is 5.60. The van der Waals surface area contributed by atoms with Crippen molar-refractivity contribution >= 4 is 11.9 Å². The number of hydrogen-bond donors (Lipinski definition) is 2. The maximum atomic E-state index is 11.8. The molecule has 0 aliphatic heterocycles. The molecule has 2 atom stereocenters. The lowest BCUT2D eigenvalue weighted by Crippen LogP contribution is -2.33. The minimum absolute atomic E-state index is 0.0308. The van der Waals surface area contributed by atoms with E-state index in [2.05, 4.69) is 10.3 Å². The summed E-state index contributed by atoms with van der Waals surface area (Å²) >= 11 is 0. The highest BCUT2D eigenvalue weighted by molar-refractivity contribution is 5.94. The van der Waals surface area contributed by atoms with E-state index in [1.165, 1.54) is 0 Å². The third-order valence-corrected chi connectivity index (χ3v) is 3.06. The molecule has 0 aromatic carbocycles. The molecule has 0 unspecified atom stereocenters. The Morgan fingerprint density at radius 1 is 1.29 bits per heavy atom. The van der Waals surface area contributed by atoms with Crippen LogP contribution in [0, 0.1) is 5.92 Å². The molecule has 0 spiro atoms. The minimum atomic E-state index is -0.773. The Morgan fingerprint density at radius 3 is 2.59 bits per heavy atom. The van der Waals surface area contributed by atoms with Crippen molar-refractivity contribution in [2.45, 2.75) is 25.3 Å². The standard InChI is InChI=1S/C12H14N2O3/c15-11(8-3-5-13-6-4-8)14-10-2-1-9(7-10)12(16)17/h3-6,9-10H,1-2,7H2,(H,14,15)(H,16,17)/t9-,10+/m1/s1. The van der Waals surface area contributed by atoms with Gasteiger partial charge in [-0.2, -0.15) is 0 Å². The Bertz CT molecular complexity index is 419. The van der Waals surface area contributed by atoms with Crippen molar-refractivity contribution in [2.75, 3.05) is 0 Å². The summed E-state index contributed by atoms with van der Waals surface area (Å²) in [7, 11) is 0. The SMILES string of the molecule is O=C(N[C@H]1CC[C@@H](C(=O)O)C1)c1ccncc1. The predicted molar refractivity (Wildman–Crippen MR) is 60.5 cm³/mol. The highest BCUT2D eigenvalue weighted by Gasteiger charge is 2.30. The average molecular weight is 234 g/mol. The summed E-state index contributed by atoms with van der Waals surface area (Å²) in [5.74, 6) is -1.26. The average Bonchev–Trinajstić information content (AvgIpc) is 2.79. The van der Waals surface area contributed by atoms with E-state index in [4.69, 9.17) is 5.11 Å². The van der Waals surface area contributed by atoms with E-state index in [1.54, 1.807) is 24.5 Å². The number of aromatic nitrogens is 1. The van der Waals surface area contributed by atoms with E-state index >= 15 is 0 Å². The van der Waals surface area contributed by atoms with Crippen molar-refractivity contribution in [2.24, 2.45) is 5.92 Å². The highest BCUT2D eigenvalue weighted by atomic mass is 16.4. The van der Waals surface area contributed by atoms with Crippen molar-refractivity contribution < 1.29 is 14.7 Å². The van der Waals surface area contributed by atoms with Crippen LogP contribution in [0.5, 0.6) is 0 Å². The van der Waals surface area contributed by atoms with Crippen LogP contribution >= 0.6 is 0 Å². The molecule has 1 saturated carbocycles. The van der Waals surface area contributed by atoms with Gasteiger partial charge < -0.3 is 10.4 Å². The second-order valence-corrected chi connectivity index (χ2v) is 4.25. The van der Waals surface area contributed by atoms with Crippen molar-refractivity contribution in [3.8, 4) is 0 Å². The number of hydrogen-bond acceptors (Lipinski definition) is 3. The van der Waals surface area contributed by atoms with Crippen molar-refractivity contribution in [3.63, 3.8) is 0 Å². The minimum Gasteiger partial charge on any atom is -0.481 e. The molecule has 17 heavy (non-hydrogen) atoms. The van der Waals surface area contributed by atoms with Gasteiger partial charge in [-0.05, 0) is 31.4 Å². The monoisotopic (exact) mass is 234 g/mol. The smallest absolute Gasteiger partial charge is 0.306 e. The van der Waals surface area contributed by atoms with Gasteiger partial charge in [0.15, 0.2) is 0 Å². The zero-order chi connectivity index (χ0) is 12.3. The Kier molecular flexibility index (Phi) is 3.37. The van der Waals surface area contributed by atoms with E-state index in [0.717, 1.165) is 6.42 Å². The van der Waals surface area contributed by atoms with Gasteiger partial charge in [0, 0.05) is 24.0 Å². The largest absolute Gasteiger partial charge is 0.481 e. The van der Waals surface area contributed by atoms with Crippen molar-refractivity contribution in [1.82, 2.24) is 10.3 Å². The van der Waals surface area contributed by atoms with Gasteiger partial charge in [-0.25, -0.2) is 0 Å². The van der Waals surface area contributed by atoms with E-state index in [0.29, 0.717) is 18.4 Å². The van der Waals surface area contributed by atoms with E-state index in [-0.39, 0.29) is 17.9 Å². The number of amides is 1. The number of carboxylic acids is 1. The van der Waals surface area contributed by atoms with Crippen LogP contribution < -0.4 is 5.32 Å². The first-order valence-electron chi connectivity index (χ1n) is 5.60. The molecular formula is C12H14N2O3. The summed E-state index contributed by atoms with van der Waals surface area (Å²) < 4.78 is 0. The Hall–Kier alpha value is -1.91. The fourth-order valence-corrected chi connectivity index (χ4v) is 2.11. The van der Waals surface area contributed by atoms with Crippen molar-refractivity contribution in [1.29, 1.82) is 0 Å². The van der Waals surface area contributed by atoms with Crippen molar-refractivity contribution in [3.05, 3.63) is 30.1 Å². The lowest BCUT2D eigenvalue weighted by Gasteiger charge is -2.12. The molecule has 0 radical (unpaired) electrons. The number of carbonyl (C=O) groups is 2. The summed E-state index contributed by atoms with van der Waals surface area (Å²) in [5, 5.41) is 11.7. The van der Waals surface area contributed by atoms with Gasteiger partial charge in [0.2, 0.25) is 0 Å². The van der Waals surface area contributed by atoms with Crippen LogP contribution in [0.2, 0.25) is 0 Å². The maximum absolute atomic E-state index is 11.8. The topological polar surface area (TPSA) is 79.3 Å². The molecule has 2 rings (SSSR count). The molecule has 1 aromatic rings. The molecule has 5 nitrogen and oxygen atoms in total. The number of aliphatic carboxylic acids is 1. The lowest BCUT2D eigenvalue weighted by atomic mass is 10.1. The first kappa shape index (κ1) is 11.6. The molecular weight excluding hydrogens is 220 g/mol. The third-order valence-electron chi connectivity index (χ3n) is 3.06. The first-order chi connectivity index (χ1) is 8.16. The molecule has 1 fully saturated rings. The van der Waals surface area contributed by atoms with Crippen LogP contribution in [-0.4, -0.2) is 28.0 Å². The third kappa shape index (κ3) is 2.81. The van der Waals surface area contributed by atoms with Gasteiger partial charge in [-0.15, -0.1) is 0 Å². The number of carboxylic acid groups (broad SMARTS) is 1. The Balaban J connectivity index is 1.91. The van der Waals surface area contributed by atoms with Crippen LogP contribution in [0.3, 0.4) is 0 Å². The summed E-state index contributed by atoms with van der Waals surface area (Å²) in [6.45, 7) is 0. The van der Waals surface area contributed by atoms with E-state index in [9.17, 15) is 9.59 Å². The number of nitrogens with zero attached hydrogens (tertiary/aromatic N) is 1. The summed E-state index contributed by atoms with van der Waals surface area (Å²) in [6, 6.07) is 3.24. The van der Waals surface area contributed by atoms with Gasteiger partial charge in [-0.3, -0.25) is 14.6 Å². The molecule has 1 aromatic heterocycles. The predicted octanol–water partition coefficient (Wildman–Crippen LogP) is 1.06. The molecule has 5 heteroatoms. The second-order valence-electron chi connectivity index (χ2n) is 4.25. The zero-order valence-corrected chi connectivity index (χ0v) is 9.30. The number of rotatable bonds is 3. The highest BCUT2D eigenvalue weighted by Crippen LogP contribution is 2.25. The molecule has 1 aliphatic rings. The molecule has 90 valence electrons. The lowest BCUT2D eigenvalue weighted by molar-refractivity contribution is -0.141. The van der Waals surface area contributed by atoms with Crippen LogP contribution in [0.25, 0.3) is 0 Å². The Morgan fingerprint density at radius 2 is 2.00 bits per heavy atom. The van der Waals surface area contributed by atoms with Gasteiger partial charge in [0.05, 0.1) is 5.92 Å². The second kappa shape index (κ2) is 4.95. The Labute approximate surface area is 98.9 Å². The maximum Gasteiger partial charge on any atom is 0.306 e. The molecule has 1 aliphatic carbocycles. The van der Waals surface area contributed by atoms with Gasteiger partial charge in [-0.1, -0.05) is 0 Å².